The molecule has 48 valence electrons. The van der Waals surface area contributed by atoms with Gasteiger partial charge in [0.1, 0.15) is 17.7 Å². The Kier molecular flexibility index (Phi) is 1.58. The van der Waals surface area contributed by atoms with Gasteiger partial charge in [-0.15, -0.1) is 0 Å². The van der Waals surface area contributed by atoms with Gasteiger partial charge < -0.3 is 4.79 Å². The second kappa shape index (κ2) is 2.39. The number of rotatable bonds is 2. The molecule has 4 nitrogen and oxygen atoms in total. The Morgan fingerprint density at radius 1 is 1.67 bits per heavy atom. The summed E-state index contributed by atoms with van der Waals surface area (Å²) in [6.45, 7) is 1.75. The minimum absolute atomic E-state index is 0.287. The molecule has 0 N–H and O–H groups in total. The molecular weight excluding hydrogens is 120 g/mol. The SMILES string of the molecule is Cc1nonc1CC=O. The van der Waals surface area contributed by atoms with E-state index in [-0.39, 0.29) is 6.42 Å². The van der Waals surface area contributed by atoms with Crippen LogP contribution in [0.1, 0.15) is 11.4 Å². The molecule has 0 fully saturated rings. The zero-order chi connectivity index (χ0) is 6.69. The summed E-state index contributed by atoms with van der Waals surface area (Å²) in [5.74, 6) is 0. The maximum atomic E-state index is 9.91. The van der Waals surface area contributed by atoms with Crippen LogP contribution < -0.4 is 0 Å². The van der Waals surface area contributed by atoms with Crippen LogP contribution in [0.4, 0.5) is 0 Å². The molecule has 0 unspecified atom stereocenters. The summed E-state index contributed by atoms with van der Waals surface area (Å²) in [5, 5.41) is 6.98. The van der Waals surface area contributed by atoms with Crippen molar-refractivity contribution in [2.24, 2.45) is 0 Å². The van der Waals surface area contributed by atoms with Crippen molar-refractivity contribution in [3.63, 3.8) is 0 Å². The first-order valence-electron chi connectivity index (χ1n) is 2.56. The molecular formula is C5H6N2O2. The summed E-state index contributed by atoms with van der Waals surface area (Å²) in [6.07, 6.45) is 1.06. The fraction of sp³-hybridized carbons (Fsp3) is 0.400. The predicted octanol–water partition coefficient (Wildman–Crippen LogP) is 0.119. The van der Waals surface area contributed by atoms with Crippen molar-refractivity contribution >= 4 is 6.29 Å². The van der Waals surface area contributed by atoms with E-state index >= 15 is 0 Å². The molecule has 1 aromatic heterocycles. The third-order valence-corrected chi connectivity index (χ3v) is 1.02. The molecule has 1 heterocycles. The molecule has 1 rings (SSSR count). The summed E-state index contributed by atoms with van der Waals surface area (Å²) >= 11 is 0. The molecule has 0 amide bonds. The Hall–Kier alpha value is -1.19. The van der Waals surface area contributed by atoms with Crippen LogP contribution in [0.15, 0.2) is 4.63 Å². The maximum Gasteiger partial charge on any atom is 0.126 e. The van der Waals surface area contributed by atoms with Crippen molar-refractivity contribution in [3.05, 3.63) is 11.4 Å². The van der Waals surface area contributed by atoms with Gasteiger partial charge in [0, 0.05) is 0 Å². The van der Waals surface area contributed by atoms with Crippen molar-refractivity contribution in [3.8, 4) is 0 Å². The second-order valence-corrected chi connectivity index (χ2v) is 1.67. The third-order valence-electron chi connectivity index (χ3n) is 1.02. The smallest absolute Gasteiger partial charge is 0.126 e. The van der Waals surface area contributed by atoms with E-state index in [1.54, 1.807) is 6.92 Å². The topological polar surface area (TPSA) is 56.0 Å². The highest BCUT2D eigenvalue weighted by atomic mass is 16.6. The van der Waals surface area contributed by atoms with E-state index in [2.05, 4.69) is 14.9 Å². The van der Waals surface area contributed by atoms with Crippen LogP contribution in [0.2, 0.25) is 0 Å². The van der Waals surface area contributed by atoms with Crippen LogP contribution in [0.25, 0.3) is 0 Å². The van der Waals surface area contributed by atoms with E-state index in [0.29, 0.717) is 11.4 Å². The lowest BCUT2D eigenvalue weighted by Gasteiger charge is -1.79. The molecule has 9 heavy (non-hydrogen) atoms. The fourth-order valence-electron chi connectivity index (χ4n) is 0.514. The molecule has 0 atom stereocenters. The van der Waals surface area contributed by atoms with Gasteiger partial charge in [-0.3, -0.25) is 0 Å². The van der Waals surface area contributed by atoms with Crippen molar-refractivity contribution < 1.29 is 9.42 Å². The van der Waals surface area contributed by atoms with E-state index < -0.39 is 0 Å². The average molecular weight is 126 g/mol. The second-order valence-electron chi connectivity index (χ2n) is 1.67. The summed E-state index contributed by atoms with van der Waals surface area (Å²) in [7, 11) is 0. The van der Waals surface area contributed by atoms with Gasteiger partial charge in [0.25, 0.3) is 0 Å². The van der Waals surface area contributed by atoms with Crippen molar-refractivity contribution in [2.45, 2.75) is 13.3 Å². The lowest BCUT2D eigenvalue weighted by molar-refractivity contribution is -0.107. The number of aryl methyl sites for hydroxylation is 1. The largest absolute Gasteiger partial charge is 0.303 e. The first kappa shape index (κ1) is 5.94. The first-order valence-corrected chi connectivity index (χ1v) is 2.56. The van der Waals surface area contributed by atoms with E-state index in [0.717, 1.165) is 6.29 Å². The standard InChI is InChI=1S/C5H6N2O2/c1-4-5(2-3-8)7-9-6-4/h3H,2H2,1H3. The van der Waals surface area contributed by atoms with E-state index in [9.17, 15) is 4.79 Å². The van der Waals surface area contributed by atoms with Crippen LogP contribution >= 0.6 is 0 Å². The fourth-order valence-corrected chi connectivity index (χ4v) is 0.514. The van der Waals surface area contributed by atoms with Crippen molar-refractivity contribution in [1.82, 2.24) is 10.3 Å². The maximum absolute atomic E-state index is 9.91. The highest BCUT2D eigenvalue weighted by molar-refractivity contribution is 5.53. The highest BCUT2D eigenvalue weighted by Gasteiger charge is 2.01. The molecule has 0 aliphatic rings. The van der Waals surface area contributed by atoms with Crippen LogP contribution in [0.5, 0.6) is 0 Å². The highest BCUT2D eigenvalue weighted by Crippen LogP contribution is 1.98. The molecule has 0 aromatic carbocycles. The predicted molar refractivity (Wildman–Crippen MR) is 28.8 cm³/mol. The molecule has 0 saturated carbocycles. The number of carbonyl (C=O) groups excluding carboxylic acids is 1. The Bertz CT molecular complexity index is 206. The third kappa shape index (κ3) is 1.13. The number of carbonyl (C=O) groups is 1. The molecule has 0 spiro atoms. The number of hydrogen-bond donors (Lipinski definition) is 0. The van der Waals surface area contributed by atoms with Gasteiger partial charge in [0.05, 0.1) is 6.42 Å². The van der Waals surface area contributed by atoms with Crippen LogP contribution in [-0.4, -0.2) is 16.6 Å². The summed E-state index contributed by atoms with van der Waals surface area (Å²) in [5.41, 5.74) is 1.30. The molecule has 0 bridgehead atoms. The molecule has 4 heteroatoms. The minimum atomic E-state index is 0.287. The monoisotopic (exact) mass is 126 g/mol. The Morgan fingerprint density at radius 2 is 2.44 bits per heavy atom. The quantitative estimate of drug-likeness (QED) is 0.528. The molecule has 0 radical (unpaired) electrons. The Balaban J connectivity index is 2.80. The zero-order valence-corrected chi connectivity index (χ0v) is 5.00. The van der Waals surface area contributed by atoms with Gasteiger partial charge in [-0.05, 0) is 6.92 Å². The van der Waals surface area contributed by atoms with Crippen molar-refractivity contribution in [1.29, 1.82) is 0 Å². The summed E-state index contributed by atoms with van der Waals surface area (Å²) < 4.78 is 4.34. The van der Waals surface area contributed by atoms with Gasteiger partial charge in [-0.2, -0.15) is 0 Å². The number of hydrogen-bond acceptors (Lipinski definition) is 4. The van der Waals surface area contributed by atoms with E-state index in [4.69, 9.17) is 0 Å². The molecule has 0 aliphatic heterocycles. The van der Waals surface area contributed by atoms with E-state index in [1.807, 2.05) is 0 Å². The summed E-state index contributed by atoms with van der Waals surface area (Å²) in [4.78, 5) is 9.91. The number of nitrogens with zero attached hydrogens (tertiary/aromatic N) is 2. The molecule has 1 aromatic rings. The average Bonchev–Trinajstić information content (AvgIpc) is 2.18. The zero-order valence-electron chi connectivity index (χ0n) is 5.00. The Labute approximate surface area is 51.8 Å². The molecule has 0 aliphatic carbocycles. The van der Waals surface area contributed by atoms with E-state index in [1.165, 1.54) is 0 Å². The minimum Gasteiger partial charge on any atom is -0.303 e. The van der Waals surface area contributed by atoms with Gasteiger partial charge in [-0.1, -0.05) is 10.3 Å². The lowest BCUT2D eigenvalue weighted by atomic mass is 10.3. The summed E-state index contributed by atoms with van der Waals surface area (Å²) in [6, 6.07) is 0. The van der Waals surface area contributed by atoms with Gasteiger partial charge in [0.2, 0.25) is 0 Å². The van der Waals surface area contributed by atoms with Crippen LogP contribution in [0.3, 0.4) is 0 Å². The number of aldehydes is 1. The molecule has 0 saturated heterocycles. The normalized spacial score (nSPS) is 9.44. The number of aromatic nitrogens is 2. The Morgan fingerprint density at radius 3 is 2.89 bits per heavy atom. The van der Waals surface area contributed by atoms with Gasteiger partial charge in [-0.25, -0.2) is 4.63 Å². The van der Waals surface area contributed by atoms with Crippen molar-refractivity contribution in [2.75, 3.05) is 0 Å². The van der Waals surface area contributed by atoms with Gasteiger partial charge >= 0.3 is 0 Å². The first-order chi connectivity index (χ1) is 4.34. The van der Waals surface area contributed by atoms with Gasteiger partial charge in [0.15, 0.2) is 0 Å². The van der Waals surface area contributed by atoms with Crippen LogP contribution in [-0.2, 0) is 11.2 Å². The van der Waals surface area contributed by atoms with Crippen LogP contribution in [0, 0.1) is 6.92 Å². The lowest BCUT2D eigenvalue weighted by Crippen LogP contribution is -1.87.